The molecule has 1 heterocycles. The third kappa shape index (κ3) is 6.01. The molecule has 4 aliphatic carbocycles. The van der Waals surface area contributed by atoms with Gasteiger partial charge in [-0.2, -0.15) is 22.0 Å². The molecule has 0 spiro atoms. The molecular formula is C37H47F5N2O4. The van der Waals surface area contributed by atoms with Gasteiger partial charge in [-0.05, 0) is 106 Å². The highest BCUT2D eigenvalue weighted by Crippen LogP contribution is 2.70. The molecule has 264 valence electrons. The van der Waals surface area contributed by atoms with Gasteiger partial charge < -0.3 is 14.7 Å². The maximum absolute atomic E-state index is 15.3. The number of amides is 1. The lowest BCUT2D eigenvalue weighted by atomic mass is 9.50. The van der Waals surface area contributed by atoms with Crippen molar-refractivity contribution in [1.29, 1.82) is 0 Å². The number of ketones is 1. The number of hydrogen-bond acceptors (Lipinski definition) is 5. The first-order chi connectivity index (χ1) is 22.3. The molecule has 0 unspecified atom stereocenters. The normalized spacial score (nSPS) is 31.9. The summed E-state index contributed by atoms with van der Waals surface area (Å²) < 4.78 is 77.7. The first-order valence-electron chi connectivity index (χ1n) is 17.3. The van der Waals surface area contributed by atoms with Gasteiger partial charge in [0.2, 0.25) is 0 Å². The largest absolute Gasteiger partial charge is 0.456 e. The fourth-order valence-corrected chi connectivity index (χ4v) is 9.47. The lowest BCUT2D eigenvalue weighted by Crippen LogP contribution is -2.65. The monoisotopic (exact) mass is 678 g/mol. The molecule has 5 atom stereocenters. The van der Waals surface area contributed by atoms with E-state index in [-0.39, 0.29) is 30.6 Å². The Morgan fingerprint density at radius 2 is 1.69 bits per heavy atom. The summed E-state index contributed by atoms with van der Waals surface area (Å²) in [4.78, 5) is 28.9. The van der Waals surface area contributed by atoms with Gasteiger partial charge in [0.15, 0.2) is 5.78 Å². The summed E-state index contributed by atoms with van der Waals surface area (Å²) in [5.41, 5.74) is -0.565. The second-order valence-electron chi connectivity index (χ2n) is 15.8. The molecule has 1 N–H and O–H groups in total. The van der Waals surface area contributed by atoms with Crippen LogP contribution in [0.25, 0.3) is 0 Å². The van der Waals surface area contributed by atoms with Gasteiger partial charge in [0, 0.05) is 50.5 Å². The summed E-state index contributed by atoms with van der Waals surface area (Å²) in [7, 11) is 0. The summed E-state index contributed by atoms with van der Waals surface area (Å²) in [5, 5.41) is 11.5. The van der Waals surface area contributed by atoms with E-state index in [1.165, 1.54) is 6.92 Å². The van der Waals surface area contributed by atoms with Gasteiger partial charge in [-0.3, -0.25) is 9.69 Å². The van der Waals surface area contributed by atoms with E-state index in [1.54, 1.807) is 11.0 Å². The van der Waals surface area contributed by atoms with Crippen LogP contribution in [0.3, 0.4) is 0 Å². The number of allylic oxidation sites excluding steroid dienone is 4. The molecule has 0 radical (unpaired) electrons. The number of nitrogens with zero attached hydrogens (tertiary/aromatic N) is 2. The number of ether oxygens (including phenoxy) is 1. The minimum absolute atomic E-state index is 0.0393. The van der Waals surface area contributed by atoms with Crippen LogP contribution < -0.4 is 0 Å². The second kappa shape index (κ2) is 12.2. The Labute approximate surface area is 279 Å². The van der Waals surface area contributed by atoms with Crippen LogP contribution in [0.4, 0.5) is 26.7 Å². The van der Waals surface area contributed by atoms with Crippen LogP contribution in [0.1, 0.15) is 96.1 Å². The molecule has 1 aromatic rings. The molecule has 1 saturated heterocycles. The summed E-state index contributed by atoms with van der Waals surface area (Å²) in [6.45, 7) is 10.2. The Bertz CT molecular complexity index is 1500. The summed E-state index contributed by atoms with van der Waals surface area (Å²) in [6, 6.07) is 7.85. The number of carbonyl (C=O) groups is 2. The molecule has 0 aromatic heterocycles. The summed E-state index contributed by atoms with van der Waals surface area (Å²) >= 11 is 0. The van der Waals surface area contributed by atoms with E-state index >= 15 is 8.78 Å². The van der Waals surface area contributed by atoms with Crippen molar-refractivity contribution in [3.8, 4) is 0 Å². The van der Waals surface area contributed by atoms with Crippen molar-refractivity contribution in [2.45, 2.75) is 115 Å². The predicted molar refractivity (Wildman–Crippen MR) is 170 cm³/mol. The van der Waals surface area contributed by atoms with Gasteiger partial charge in [-0.1, -0.05) is 36.8 Å². The number of rotatable bonds is 4. The van der Waals surface area contributed by atoms with Crippen LogP contribution in [0, 0.1) is 17.3 Å². The molecule has 1 amide bonds. The van der Waals surface area contributed by atoms with Crippen molar-refractivity contribution in [3.05, 3.63) is 58.2 Å². The maximum atomic E-state index is 15.3. The molecule has 2 saturated carbocycles. The highest BCUT2D eigenvalue weighted by Gasteiger charge is 2.79. The van der Waals surface area contributed by atoms with Gasteiger partial charge in [0.1, 0.15) is 11.2 Å². The third-order valence-corrected chi connectivity index (χ3v) is 11.8. The molecule has 5 aliphatic rings. The summed E-state index contributed by atoms with van der Waals surface area (Å²) in [5.74, 6) is -6.46. The zero-order valence-corrected chi connectivity index (χ0v) is 28.3. The fraction of sp³-hybridized carbons (Fsp3) is 0.676. The van der Waals surface area contributed by atoms with Crippen LogP contribution in [-0.4, -0.2) is 76.3 Å². The molecule has 11 heteroatoms. The number of carbonyl (C=O) groups excluding carboxylic acids is 2. The molecule has 6 rings (SSSR count). The number of halogens is 5. The van der Waals surface area contributed by atoms with E-state index in [9.17, 15) is 27.9 Å². The molecular weight excluding hydrogens is 631 g/mol. The van der Waals surface area contributed by atoms with Crippen LogP contribution >= 0.6 is 0 Å². The molecule has 1 aliphatic heterocycles. The van der Waals surface area contributed by atoms with Crippen LogP contribution in [0.15, 0.2) is 47.1 Å². The van der Waals surface area contributed by atoms with Gasteiger partial charge in [0.25, 0.3) is 0 Å². The number of fused-ring (bicyclic) bond motifs is 4. The number of benzene rings is 1. The molecule has 0 bridgehead atoms. The van der Waals surface area contributed by atoms with Crippen molar-refractivity contribution in [2.24, 2.45) is 17.3 Å². The standard InChI is InChI=1S/C37H47F5N2O4/c1-33(2,3)48-32(46)44-17-5-16-43(18-19-44)22-23-6-8-24(9-7-23)29-21-34(4)30(14-15-35(34,47)36(38,39)37(40,41)42)28-12-10-25-20-26(45)11-13-27(25)31(28)29/h6-9,20,28-30,47H,5,10-19,21-22H2,1-4H3/t28-,29+,30-,34-,35-/m0/s1. The number of alkyl halides is 5. The minimum Gasteiger partial charge on any atom is -0.444 e. The van der Waals surface area contributed by atoms with E-state index in [1.807, 2.05) is 45.0 Å². The Morgan fingerprint density at radius 1 is 0.979 bits per heavy atom. The minimum atomic E-state index is -5.88. The smallest absolute Gasteiger partial charge is 0.444 e. The van der Waals surface area contributed by atoms with Gasteiger partial charge in [0.05, 0.1) is 0 Å². The first-order valence-corrected chi connectivity index (χ1v) is 17.3. The van der Waals surface area contributed by atoms with E-state index in [2.05, 4.69) is 4.90 Å². The molecule has 6 nitrogen and oxygen atoms in total. The van der Waals surface area contributed by atoms with Crippen molar-refractivity contribution in [2.75, 3.05) is 26.2 Å². The lowest BCUT2D eigenvalue weighted by molar-refractivity contribution is -0.362. The SMILES string of the molecule is CC(C)(C)OC(=O)N1CCCN(Cc2ccc([C@H]3C[C@@]4(C)[C@@H](CC[C@@]4(O)C(F)(F)C(F)(F)F)[C@@H]4CCC5=CC(=O)CCC5=C43)cc2)CC1. The van der Waals surface area contributed by atoms with Crippen molar-refractivity contribution < 1.29 is 41.4 Å². The van der Waals surface area contributed by atoms with Gasteiger partial charge in [-0.25, -0.2) is 4.79 Å². The Hall–Kier alpha value is -2.79. The molecule has 3 fully saturated rings. The number of aliphatic hydroxyl groups is 1. The van der Waals surface area contributed by atoms with Gasteiger partial charge >= 0.3 is 18.2 Å². The van der Waals surface area contributed by atoms with E-state index in [0.717, 1.165) is 40.8 Å². The van der Waals surface area contributed by atoms with Crippen LogP contribution in [-0.2, 0) is 16.1 Å². The number of hydrogen-bond donors (Lipinski definition) is 1. The van der Waals surface area contributed by atoms with Crippen LogP contribution in [0.2, 0.25) is 0 Å². The van der Waals surface area contributed by atoms with Crippen LogP contribution in [0.5, 0.6) is 0 Å². The first kappa shape index (κ1) is 35.1. The van der Waals surface area contributed by atoms with Crippen molar-refractivity contribution in [3.63, 3.8) is 0 Å². The third-order valence-electron chi connectivity index (χ3n) is 11.8. The van der Waals surface area contributed by atoms with Gasteiger partial charge in [-0.15, -0.1) is 0 Å². The van der Waals surface area contributed by atoms with E-state index in [0.29, 0.717) is 51.9 Å². The molecule has 1 aromatic carbocycles. The topological polar surface area (TPSA) is 70.1 Å². The average Bonchev–Trinajstić information content (AvgIpc) is 3.12. The Morgan fingerprint density at radius 3 is 2.35 bits per heavy atom. The Balaban J connectivity index is 1.28. The summed E-state index contributed by atoms with van der Waals surface area (Å²) in [6.07, 6.45) is -2.28. The highest BCUT2D eigenvalue weighted by molar-refractivity contribution is 5.93. The van der Waals surface area contributed by atoms with Crippen molar-refractivity contribution in [1.82, 2.24) is 9.80 Å². The Kier molecular flexibility index (Phi) is 8.92. The zero-order chi connectivity index (χ0) is 34.9. The lowest BCUT2D eigenvalue weighted by Gasteiger charge is -2.56. The maximum Gasteiger partial charge on any atom is 0.456 e. The average molecular weight is 679 g/mol. The quantitative estimate of drug-likeness (QED) is 0.328. The predicted octanol–water partition coefficient (Wildman–Crippen LogP) is 7.96. The zero-order valence-electron chi connectivity index (χ0n) is 28.3. The highest BCUT2D eigenvalue weighted by atomic mass is 19.4. The van der Waals surface area contributed by atoms with Crippen molar-refractivity contribution >= 4 is 11.9 Å². The fourth-order valence-electron chi connectivity index (χ4n) is 9.47. The van der Waals surface area contributed by atoms with E-state index in [4.69, 9.17) is 4.74 Å². The molecule has 48 heavy (non-hydrogen) atoms. The second-order valence-corrected chi connectivity index (χ2v) is 15.8. The van der Waals surface area contributed by atoms with E-state index < -0.39 is 47.0 Å².